The van der Waals surface area contributed by atoms with Crippen LogP contribution < -0.4 is 4.74 Å². The van der Waals surface area contributed by atoms with Crippen molar-refractivity contribution in [1.29, 1.82) is 0 Å². The quantitative estimate of drug-likeness (QED) is 0.676. The van der Waals surface area contributed by atoms with E-state index in [2.05, 4.69) is 22.0 Å². The van der Waals surface area contributed by atoms with Gasteiger partial charge in [0.25, 0.3) is 0 Å². The van der Waals surface area contributed by atoms with Crippen LogP contribution in [0.5, 0.6) is 5.88 Å². The molecule has 7 heteroatoms. The number of aromatic nitrogens is 1. The SMILES string of the molecule is COc1ncc(C(F)(F)F)cc1C(=O)C1CC2CCC(C1)N2Cc1ccccc1. The van der Waals surface area contributed by atoms with Crippen LogP contribution in [-0.4, -0.2) is 34.9 Å². The second-order valence-corrected chi connectivity index (χ2v) is 7.85. The summed E-state index contributed by atoms with van der Waals surface area (Å²) in [6, 6.07) is 11.6. The van der Waals surface area contributed by atoms with Crippen LogP contribution in [0.15, 0.2) is 42.6 Å². The molecule has 4 rings (SSSR count). The van der Waals surface area contributed by atoms with Crippen molar-refractivity contribution >= 4 is 5.78 Å². The lowest BCUT2D eigenvalue weighted by Gasteiger charge is -2.38. The molecule has 0 N–H and O–H groups in total. The lowest BCUT2D eigenvalue weighted by Crippen LogP contribution is -2.44. The molecule has 2 aromatic rings. The van der Waals surface area contributed by atoms with Gasteiger partial charge < -0.3 is 4.74 Å². The van der Waals surface area contributed by atoms with Gasteiger partial charge in [-0.2, -0.15) is 13.2 Å². The highest BCUT2D eigenvalue weighted by Crippen LogP contribution is 2.42. The third-order valence-electron chi connectivity index (χ3n) is 6.10. The van der Waals surface area contributed by atoms with E-state index in [1.54, 1.807) is 0 Å². The minimum Gasteiger partial charge on any atom is -0.480 e. The Hall–Kier alpha value is -2.41. The molecule has 1 aromatic carbocycles. The van der Waals surface area contributed by atoms with Gasteiger partial charge in [0, 0.05) is 30.7 Å². The number of rotatable bonds is 5. The van der Waals surface area contributed by atoms with E-state index in [-0.39, 0.29) is 35.2 Å². The first kappa shape index (κ1) is 19.9. The predicted molar refractivity (Wildman–Crippen MR) is 102 cm³/mol. The Labute approximate surface area is 167 Å². The van der Waals surface area contributed by atoms with Crippen molar-refractivity contribution in [1.82, 2.24) is 9.88 Å². The second-order valence-electron chi connectivity index (χ2n) is 7.85. The van der Waals surface area contributed by atoms with Gasteiger partial charge in [-0.25, -0.2) is 4.98 Å². The molecule has 0 aliphatic carbocycles. The van der Waals surface area contributed by atoms with Gasteiger partial charge in [0.15, 0.2) is 5.78 Å². The fourth-order valence-corrected chi connectivity index (χ4v) is 4.71. The number of alkyl halides is 3. The molecular weight excluding hydrogens is 381 g/mol. The van der Waals surface area contributed by atoms with Crippen LogP contribution in [-0.2, 0) is 12.7 Å². The number of benzene rings is 1. The molecule has 2 atom stereocenters. The largest absolute Gasteiger partial charge is 0.480 e. The van der Waals surface area contributed by atoms with Crippen molar-refractivity contribution in [3.8, 4) is 5.88 Å². The van der Waals surface area contributed by atoms with Gasteiger partial charge >= 0.3 is 6.18 Å². The zero-order valence-electron chi connectivity index (χ0n) is 16.2. The number of halogens is 3. The highest BCUT2D eigenvalue weighted by atomic mass is 19.4. The number of hydrogen-bond acceptors (Lipinski definition) is 4. The normalized spacial score (nSPS) is 24.5. The van der Waals surface area contributed by atoms with Crippen LogP contribution in [0.3, 0.4) is 0 Å². The van der Waals surface area contributed by atoms with Crippen molar-refractivity contribution in [3.63, 3.8) is 0 Å². The van der Waals surface area contributed by atoms with Crippen molar-refractivity contribution in [2.24, 2.45) is 5.92 Å². The molecule has 2 aliphatic rings. The summed E-state index contributed by atoms with van der Waals surface area (Å²) in [5.41, 5.74) is 0.243. The molecule has 0 spiro atoms. The molecule has 0 radical (unpaired) electrons. The molecule has 2 aliphatic heterocycles. The number of ether oxygens (including phenoxy) is 1. The molecule has 154 valence electrons. The summed E-state index contributed by atoms with van der Waals surface area (Å²) in [4.78, 5) is 19.3. The number of carbonyl (C=O) groups is 1. The molecule has 29 heavy (non-hydrogen) atoms. The minimum absolute atomic E-state index is 0.0398. The van der Waals surface area contributed by atoms with Gasteiger partial charge in [-0.1, -0.05) is 30.3 Å². The Bertz CT molecular complexity index is 871. The summed E-state index contributed by atoms with van der Waals surface area (Å²) in [5.74, 6) is -0.641. The highest BCUT2D eigenvalue weighted by Gasteiger charge is 2.43. The van der Waals surface area contributed by atoms with E-state index >= 15 is 0 Å². The number of ketones is 1. The minimum atomic E-state index is -4.55. The first-order chi connectivity index (χ1) is 13.9. The number of carbonyl (C=O) groups excluding carboxylic acids is 1. The van der Waals surface area contributed by atoms with Crippen molar-refractivity contribution in [2.45, 2.75) is 50.5 Å². The number of piperidine rings is 1. The van der Waals surface area contributed by atoms with Crippen molar-refractivity contribution < 1.29 is 22.7 Å². The molecule has 2 unspecified atom stereocenters. The van der Waals surface area contributed by atoms with Crippen molar-refractivity contribution in [2.75, 3.05) is 7.11 Å². The lowest BCUT2D eigenvalue weighted by atomic mass is 9.84. The molecule has 0 amide bonds. The molecule has 4 nitrogen and oxygen atoms in total. The summed E-state index contributed by atoms with van der Waals surface area (Å²) in [6.07, 6.45) is -0.504. The average molecular weight is 404 g/mol. The van der Waals surface area contributed by atoms with E-state index in [0.717, 1.165) is 25.5 Å². The Morgan fingerprint density at radius 2 is 1.83 bits per heavy atom. The number of hydrogen-bond donors (Lipinski definition) is 0. The van der Waals surface area contributed by atoms with E-state index in [1.165, 1.54) is 12.7 Å². The topological polar surface area (TPSA) is 42.4 Å². The summed E-state index contributed by atoms with van der Waals surface area (Å²) in [5, 5.41) is 0. The maximum Gasteiger partial charge on any atom is 0.417 e. The van der Waals surface area contributed by atoms with E-state index < -0.39 is 11.7 Å². The first-order valence-electron chi connectivity index (χ1n) is 9.82. The Balaban J connectivity index is 1.53. The first-order valence-corrected chi connectivity index (χ1v) is 9.82. The van der Waals surface area contributed by atoms with Crippen LogP contribution in [0.4, 0.5) is 13.2 Å². The maximum absolute atomic E-state index is 13.1. The average Bonchev–Trinajstić information content (AvgIpc) is 2.94. The fourth-order valence-electron chi connectivity index (χ4n) is 4.71. The highest BCUT2D eigenvalue weighted by molar-refractivity contribution is 6.00. The zero-order chi connectivity index (χ0) is 20.6. The number of pyridine rings is 1. The Morgan fingerprint density at radius 1 is 1.17 bits per heavy atom. The number of fused-ring (bicyclic) bond motifs is 2. The third kappa shape index (κ3) is 4.01. The third-order valence-corrected chi connectivity index (χ3v) is 6.10. The summed E-state index contributed by atoms with van der Waals surface area (Å²) in [6.45, 7) is 0.839. The van der Waals surface area contributed by atoms with Crippen molar-refractivity contribution in [3.05, 3.63) is 59.3 Å². The lowest BCUT2D eigenvalue weighted by molar-refractivity contribution is -0.137. The molecule has 2 bridgehead atoms. The van der Waals surface area contributed by atoms with Crippen LogP contribution in [0.2, 0.25) is 0 Å². The van der Waals surface area contributed by atoms with Gasteiger partial charge in [0.05, 0.1) is 18.2 Å². The zero-order valence-corrected chi connectivity index (χ0v) is 16.2. The number of Topliss-reactive ketones (excluding diaryl/α,β-unsaturated/α-hetero) is 1. The van der Waals surface area contributed by atoms with Gasteiger partial charge in [0.1, 0.15) is 0 Å². The summed E-state index contributed by atoms with van der Waals surface area (Å²) in [7, 11) is 1.32. The smallest absolute Gasteiger partial charge is 0.417 e. The van der Waals surface area contributed by atoms with Gasteiger partial charge in [-0.15, -0.1) is 0 Å². The fraction of sp³-hybridized carbons (Fsp3) is 0.455. The molecule has 2 fully saturated rings. The summed E-state index contributed by atoms with van der Waals surface area (Å²) >= 11 is 0. The van der Waals surface area contributed by atoms with Gasteiger partial charge in [-0.3, -0.25) is 9.69 Å². The Morgan fingerprint density at radius 3 is 2.41 bits per heavy atom. The van der Waals surface area contributed by atoms with Crippen LogP contribution >= 0.6 is 0 Å². The molecular formula is C22H23F3N2O2. The van der Waals surface area contributed by atoms with Gasteiger partial charge in [-0.05, 0) is 37.3 Å². The molecule has 3 heterocycles. The van der Waals surface area contributed by atoms with Gasteiger partial charge in [0.2, 0.25) is 5.88 Å². The van der Waals surface area contributed by atoms with E-state index in [0.29, 0.717) is 19.0 Å². The van der Waals surface area contributed by atoms with E-state index in [4.69, 9.17) is 4.74 Å². The van der Waals surface area contributed by atoms with E-state index in [1.807, 2.05) is 18.2 Å². The van der Waals surface area contributed by atoms with E-state index in [9.17, 15) is 18.0 Å². The summed E-state index contributed by atoms with van der Waals surface area (Å²) < 4.78 is 44.4. The Kier molecular flexibility index (Phi) is 5.34. The van der Waals surface area contributed by atoms with Crippen LogP contribution in [0, 0.1) is 5.92 Å². The molecule has 2 saturated heterocycles. The molecule has 1 aromatic heterocycles. The molecule has 0 saturated carbocycles. The number of nitrogens with zero attached hydrogens (tertiary/aromatic N) is 2. The standard InChI is InChI=1S/C22H23F3N2O2/c1-29-21-19(11-16(12-26-21)22(23,24)25)20(28)15-9-17-7-8-18(10-15)27(17)13-14-5-3-2-4-6-14/h2-6,11-12,15,17-18H,7-10,13H2,1H3. The number of methoxy groups -OCH3 is 1. The van der Waals surface area contributed by atoms with Crippen LogP contribution in [0.1, 0.15) is 47.2 Å². The van der Waals surface area contributed by atoms with Crippen LogP contribution in [0.25, 0.3) is 0 Å². The monoisotopic (exact) mass is 404 g/mol. The second kappa shape index (κ2) is 7.78. The maximum atomic E-state index is 13.1. The predicted octanol–water partition coefficient (Wildman–Crippen LogP) is 4.73.